The SMILES string of the molecule is CCCNCc1cn(CCN(C)Cc2ccsc2)nn1. The first-order valence-electron chi connectivity index (χ1n) is 7.07. The zero-order valence-electron chi connectivity index (χ0n) is 12.2. The molecule has 2 heterocycles. The molecule has 0 saturated carbocycles. The molecule has 1 N–H and O–H groups in total. The molecule has 0 atom stereocenters. The second kappa shape index (κ2) is 8.14. The van der Waals surface area contributed by atoms with Gasteiger partial charge in [-0.1, -0.05) is 12.1 Å². The molecule has 110 valence electrons. The summed E-state index contributed by atoms with van der Waals surface area (Å²) < 4.78 is 1.92. The summed E-state index contributed by atoms with van der Waals surface area (Å²) in [6.07, 6.45) is 3.17. The van der Waals surface area contributed by atoms with Crippen molar-refractivity contribution in [3.63, 3.8) is 0 Å². The van der Waals surface area contributed by atoms with Crippen LogP contribution in [0, 0.1) is 0 Å². The summed E-state index contributed by atoms with van der Waals surface area (Å²) in [4.78, 5) is 2.30. The molecule has 0 aromatic carbocycles. The first-order valence-corrected chi connectivity index (χ1v) is 8.01. The number of nitrogens with zero attached hydrogens (tertiary/aromatic N) is 4. The van der Waals surface area contributed by atoms with E-state index in [0.717, 1.165) is 44.8 Å². The Morgan fingerprint density at radius 3 is 3.10 bits per heavy atom. The van der Waals surface area contributed by atoms with Gasteiger partial charge in [-0.25, -0.2) is 0 Å². The van der Waals surface area contributed by atoms with Gasteiger partial charge in [0, 0.05) is 25.8 Å². The second-order valence-electron chi connectivity index (χ2n) is 5.02. The van der Waals surface area contributed by atoms with Gasteiger partial charge in [-0.05, 0) is 42.4 Å². The maximum Gasteiger partial charge on any atom is 0.0964 e. The standard InChI is InChI=1S/C14H23N5S/c1-3-5-15-9-14-11-19(17-16-14)7-6-18(2)10-13-4-8-20-12-13/h4,8,11-12,15H,3,5-7,9-10H2,1-2H3. The van der Waals surface area contributed by atoms with E-state index in [1.54, 1.807) is 11.3 Å². The summed E-state index contributed by atoms with van der Waals surface area (Å²) in [5.74, 6) is 0. The van der Waals surface area contributed by atoms with E-state index in [1.165, 1.54) is 5.56 Å². The van der Waals surface area contributed by atoms with E-state index < -0.39 is 0 Å². The lowest BCUT2D eigenvalue weighted by Crippen LogP contribution is -2.22. The van der Waals surface area contributed by atoms with E-state index in [2.05, 4.69) is 51.3 Å². The van der Waals surface area contributed by atoms with Gasteiger partial charge < -0.3 is 10.2 Å². The average molecular weight is 293 g/mol. The van der Waals surface area contributed by atoms with Crippen molar-refractivity contribution in [3.8, 4) is 0 Å². The van der Waals surface area contributed by atoms with Gasteiger partial charge in [0.05, 0.1) is 12.2 Å². The zero-order valence-corrected chi connectivity index (χ0v) is 13.1. The molecule has 6 heteroatoms. The Hall–Kier alpha value is -1.24. The van der Waals surface area contributed by atoms with Crippen LogP contribution in [-0.4, -0.2) is 40.0 Å². The molecule has 0 radical (unpaired) electrons. The van der Waals surface area contributed by atoms with Crippen molar-refractivity contribution in [2.24, 2.45) is 0 Å². The van der Waals surface area contributed by atoms with Crippen LogP contribution in [0.1, 0.15) is 24.6 Å². The number of thiophene rings is 1. The number of hydrogen-bond acceptors (Lipinski definition) is 5. The summed E-state index contributed by atoms with van der Waals surface area (Å²) in [7, 11) is 2.14. The highest BCUT2D eigenvalue weighted by atomic mass is 32.1. The topological polar surface area (TPSA) is 46.0 Å². The third kappa shape index (κ3) is 5.03. The van der Waals surface area contributed by atoms with Crippen molar-refractivity contribution in [2.75, 3.05) is 20.1 Å². The van der Waals surface area contributed by atoms with Crippen molar-refractivity contribution in [3.05, 3.63) is 34.3 Å². The molecule has 0 saturated heterocycles. The lowest BCUT2D eigenvalue weighted by molar-refractivity contribution is 0.304. The highest BCUT2D eigenvalue weighted by molar-refractivity contribution is 7.07. The lowest BCUT2D eigenvalue weighted by Gasteiger charge is -2.15. The minimum atomic E-state index is 0.804. The maximum atomic E-state index is 4.18. The van der Waals surface area contributed by atoms with Gasteiger partial charge >= 0.3 is 0 Å². The molecule has 2 rings (SSSR count). The van der Waals surface area contributed by atoms with Crippen molar-refractivity contribution in [2.45, 2.75) is 33.0 Å². The largest absolute Gasteiger partial charge is 0.311 e. The molecule has 5 nitrogen and oxygen atoms in total. The molecule has 0 amide bonds. The van der Waals surface area contributed by atoms with Crippen LogP contribution in [0.5, 0.6) is 0 Å². The quantitative estimate of drug-likeness (QED) is 0.718. The third-order valence-corrected chi connectivity index (χ3v) is 3.79. The molecular formula is C14H23N5S. The van der Waals surface area contributed by atoms with Gasteiger partial charge in [0.25, 0.3) is 0 Å². The summed E-state index contributed by atoms with van der Waals surface area (Å²) >= 11 is 1.75. The van der Waals surface area contributed by atoms with Crippen molar-refractivity contribution in [1.29, 1.82) is 0 Å². The summed E-state index contributed by atoms with van der Waals surface area (Å²) in [6.45, 7) is 6.83. The van der Waals surface area contributed by atoms with Crippen LogP contribution in [0.3, 0.4) is 0 Å². The predicted molar refractivity (Wildman–Crippen MR) is 82.7 cm³/mol. The maximum absolute atomic E-state index is 4.18. The monoisotopic (exact) mass is 293 g/mol. The van der Waals surface area contributed by atoms with Gasteiger partial charge in [0.1, 0.15) is 0 Å². The molecule has 2 aromatic heterocycles. The molecule has 0 aliphatic rings. The van der Waals surface area contributed by atoms with Gasteiger partial charge in [0.2, 0.25) is 0 Å². The molecule has 0 aliphatic carbocycles. The average Bonchev–Trinajstić information content (AvgIpc) is 3.08. The highest BCUT2D eigenvalue weighted by Gasteiger charge is 2.03. The smallest absolute Gasteiger partial charge is 0.0964 e. The fourth-order valence-corrected chi connectivity index (χ4v) is 2.63. The number of nitrogens with one attached hydrogen (secondary N) is 1. The molecular weight excluding hydrogens is 270 g/mol. The summed E-state index contributed by atoms with van der Waals surface area (Å²) in [6, 6.07) is 2.17. The summed E-state index contributed by atoms with van der Waals surface area (Å²) in [5.41, 5.74) is 2.39. The van der Waals surface area contributed by atoms with Crippen LogP contribution in [0.15, 0.2) is 23.0 Å². The number of rotatable bonds is 9. The van der Waals surface area contributed by atoms with E-state index in [4.69, 9.17) is 0 Å². The van der Waals surface area contributed by atoms with Crippen LogP contribution in [0.2, 0.25) is 0 Å². The Kier molecular flexibility index (Phi) is 6.17. The Balaban J connectivity index is 1.70. The lowest BCUT2D eigenvalue weighted by atomic mass is 10.3. The first-order chi connectivity index (χ1) is 9.78. The number of aromatic nitrogens is 3. The van der Waals surface area contributed by atoms with E-state index in [1.807, 2.05) is 10.9 Å². The van der Waals surface area contributed by atoms with Crippen LogP contribution in [0.4, 0.5) is 0 Å². The van der Waals surface area contributed by atoms with Crippen LogP contribution in [0.25, 0.3) is 0 Å². The van der Waals surface area contributed by atoms with Crippen LogP contribution >= 0.6 is 11.3 Å². The van der Waals surface area contributed by atoms with Crippen LogP contribution in [-0.2, 0) is 19.6 Å². The first kappa shape index (κ1) is 15.2. The molecule has 20 heavy (non-hydrogen) atoms. The number of likely N-dealkylation sites (N-methyl/N-ethyl adjacent to an activating group) is 1. The molecule has 0 fully saturated rings. The van der Waals surface area contributed by atoms with Gasteiger partial charge in [-0.2, -0.15) is 11.3 Å². The van der Waals surface area contributed by atoms with Crippen LogP contribution < -0.4 is 5.32 Å². The minimum absolute atomic E-state index is 0.804. The minimum Gasteiger partial charge on any atom is -0.311 e. The van der Waals surface area contributed by atoms with Gasteiger partial charge in [-0.15, -0.1) is 5.10 Å². The van der Waals surface area contributed by atoms with Crippen molar-refractivity contribution in [1.82, 2.24) is 25.2 Å². The highest BCUT2D eigenvalue weighted by Crippen LogP contribution is 2.08. The Morgan fingerprint density at radius 1 is 1.45 bits per heavy atom. The van der Waals surface area contributed by atoms with Crippen molar-refractivity contribution >= 4 is 11.3 Å². The fourth-order valence-electron chi connectivity index (χ4n) is 1.97. The number of hydrogen-bond donors (Lipinski definition) is 1. The Labute approximate surface area is 124 Å². The Bertz CT molecular complexity index is 479. The Morgan fingerprint density at radius 2 is 2.35 bits per heavy atom. The van der Waals surface area contributed by atoms with E-state index in [9.17, 15) is 0 Å². The van der Waals surface area contributed by atoms with E-state index in [-0.39, 0.29) is 0 Å². The molecule has 0 unspecified atom stereocenters. The summed E-state index contributed by atoms with van der Waals surface area (Å²) in [5, 5.41) is 16.0. The van der Waals surface area contributed by atoms with Gasteiger partial charge in [-0.3, -0.25) is 4.68 Å². The second-order valence-corrected chi connectivity index (χ2v) is 5.80. The molecule has 2 aromatic rings. The third-order valence-electron chi connectivity index (χ3n) is 3.06. The fraction of sp³-hybridized carbons (Fsp3) is 0.571. The van der Waals surface area contributed by atoms with E-state index in [0.29, 0.717) is 0 Å². The van der Waals surface area contributed by atoms with E-state index >= 15 is 0 Å². The predicted octanol–water partition coefficient (Wildman–Crippen LogP) is 1.97. The molecule has 0 aliphatic heterocycles. The van der Waals surface area contributed by atoms with Gasteiger partial charge in [0.15, 0.2) is 0 Å². The zero-order chi connectivity index (χ0) is 14.2. The van der Waals surface area contributed by atoms with Crippen molar-refractivity contribution < 1.29 is 0 Å². The normalized spacial score (nSPS) is 11.3. The molecule has 0 bridgehead atoms. The molecule has 0 spiro atoms.